The summed E-state index contributed by atoms with van der Waals surface area (Å²) in [6, 6.07) is 19.7. The highest BCUT2D eigenvalue weighted by atomic mass is 79.9. The summed E-state index contributed by atoms with van der Waals surface area (Å²) in [7, 11) is 0. The molecule has 5 rings (SSSR count). The van der Waals surface area contributed by atoms with Gasteiger partial charge in [0.15, 0.2) is 5.13 Å². The van der Waals surface area contributed by atoms with Gasteiger partial charge in [-0.2, -0.15) is 0 Å². The van der Waals surface area contributed by atoms with Crippen LogP contribution >= 0.6 is 27.3 Å². The third-order valence-electron chi connectivity index (χ3n) is 5.69. The highest BCUT2D eigenvalue weighted by Gasteiger charge is 2.48. The largest absolute Gasteiger partial charge is 0.507 e. The third kappa shape index (κ3) is 3.77. The molecule has 1 aliphatic rings. The summed E-state index contributed by atoms with van der Waals surface area (Å²) in [6.07, 6.45) is 0. The zero-order chi connectivity index (χ0) is 23.3. The Morgan fingerprint density at radius 3 is 2.33 bits per heavy atom. The molecule has 3 aromatic carbocycles. The number of aryl methyl sites for hydroxylation is 2. The van der Waals surface area contributed by atoms with Crippen LogP contribution < -0.4 is 4.90 Å². The number of aromatic nitrogens is 1. The van der Waals surface area contributed by atoms with Crippen molar-refractivity contribution < 1.29 is 14.7 Å². The molecule has 1 atom stereocenters. The minimum absolute atomic E-state index is 0.0570. The summed E-state index contributed by atoms with van der Waals surface area (Å²) < 4.78 is 1.80. The Bertz CT molecular complexity index is 1440. The lowest BCUT2D eigenvalue weighted by Crippen LogP contribution is -2.29. The zero-order valence-corrected chi connectivity index (χ0v) is 20.3. The Balaban J connectivity index is 1.73. The number of nitrogens with zero attached hydrogens (tertiary/aromatic N) is 2. The summed E-state index contributed by atoms with van der Waals surface area (Å²) in [4.78, 5) is 32.6. The van der Waals surface area contributed by atoms with E-state index in [1.807, 2.05) is 68.4 Å². The van der Waals surface area contributed by atoms with Gasteiger partial charge in [-0.05, 0) is 49.2 Å². The van der Waals surface area contributed by atoms with Crippen molar-refractivity contribution >= 4 is 60.1 Å². The molecule has 1 fully saturated rings. The summed E-state index contributed by atoms with van der Waals surface area (Å²) in [6.45, 7) is 3.94. The maximum Gasteiger partial charge on any atom is 0.301 e. The highest BCUT2D eigenvalue weighted by molar-refractivity contribution is 9.10. The number of benzene rings is 3. The van der Waals surface area contributed by atoms with E-state index in [2.05, 4.69) is 20.9 Å². The van der Waals surface area contributed by atoms with Crippen LogP contribution in [0.25, 0.3) is 16.0 Å². The van der Waals surface area contributed by atoms with E-state index in [9.17, 15) is 14.7 Å². The van der Waals surface area contributed by atoms with Crippen molar-refractivity contribution in [1.82, 2.24) is 4.98 Å². The molecule has 1 saturated heterocycles. The predicted molar refractivity (Wildman–Crippen MR) is 134 cm³/mol. The number of carbonyl (C=O) groups excluding carboxylic acids is 2. The molecule has 1 amide bonds. The molecule has 0 bridgehead atoms. The van der Waals surface area contributed by atoms with Crippen LogP contribution in [0, 0.1) is 13.8 Å². The van der Waals surface area contributed by atoms with Crippen molar-refractivity contribution in [2.45, 2.75) is 19.9 Å². The fourth-order valence-electron chi connectivity index (χ4n) is 3.98. The monoisotopic (exact) mass is 518 g/mol. The Morgan fingerprint density at radius 2 is 1.64 bits per heavy atom. The minimum atomic E-state index is -0.791. The lowest BCUT2D eigenvalue weighted by atomic mass is 9.95. The molecule has 0 spiro atoms. The number of Topliss-reactive ketones (excluding diaryl/α,β-unsaturated/α-hetero) is 1. The van der Waals surface area contributed by atoms with Gasteiger partial charge >= 0.3 is 5.91 Å². The smallest absolute Gasteiger partial charge is 0.301 e. The number of halogens is 1. The first-order valence-corrected chi connectivity index (χ1v) is 11.9. The first kappa shape index (κ1) is 21.6. The Morgan fingerprint density at radius 1 is 0.970 bits per heavy atom. The number of aliphatic hydroxyl groups excluding tert-OH is 1. The van der Waals surface area contributed by atoms with Gasteiger partial charge < -0.3 is 5.11 Å². The van der Waals surface area contributed by atoms with Crippen LogP contribution in [0.1, 0.15) is 28.3 Å². The van der Waals surface area contributed by atoms with Gasteiger partial charge in [0.2, 0.25) is 0 Å². The molecule has 1 aromatic heterocycles. The average molecular weight is 519 g/mol. The van der Waals surface area contributed by atoms with E-state index < -0.39 is 17.7 Å². The van der Waals surface area contributed by atoms with E-state index in [0.29, 0.717) is 16.3 Å². The van der Waals surface area contributed by atoms with E-state index in [0.717, 1.165) is 25.8 Å². The number of hydrogen-bond acceptors (Lipinski definition) is 5. The number of anilines is 1. The SMILES string of the molecule is Cc1ccc(C(O)=C2C(=O)C(=O)N(c3nc4ccc(C)cc4s3)C2c2ccc(Br)cc2)cc1. The second-order valence-electron chi connectivity index (χ2n) is 8.05. The van der Waals surface area contributed by atoms with E-state index in [-0.39, 0.29) is 11.3 Å². The molecule has 164 valence electrons. The minimum Gasteiger partial charge on any atom is -0.507 e. The lowest BCUT2D eigenvalue weighted by molar-refractivity contribution is -0.132. The summed E-state index contributed by atoms with van der Waals surface area (Å²) in [5.41, 5.74) is 4.13. The van der Waals surface area contributed by atoms with Gasteiger partial charge in [0, 0.05) is 10.0 Å². The van der Waals surface area contributed by atoms with E-state index in [1.165, 1.54) is 16.2 Å². The summed E-state index contributed by atoms with van der Waals surface area (Å²) >= 11 is 4.79. The van der Waals surface area contributed by atoms with Gasteiger partial charge in [0.1, 0.15) is 5.76 Å². The number of thiazole rings is 1. The van der Waals surface area contributed by atoms with Gasteiger partial charge in [-0.1, -0.05) is 75.3 Å². The van der Waals surface area contributed by atoms with Gasteiger partial charge in [-0.25, -0.2) is 4.98 Å². The van der Waals surface area contributed by atoms with Crippen molar-refractivity contribution in [2.75, 3.05) is 4.90 Å². The van der Waals surface area contributed by atoms with Gasteiger partial charge in [0.25, 0.3) is 5.78 Å². The van der Waals surface area contributed by atoms with Crippen LogP contribution in [0.2, 0.25) is 0 Å². The fraction of sp³-hybridized carbons (Fsp3) is 0.115. The van der Waals surface area contributed by atoms with Crippen molar-refractivity contribution in [3.8, 4) is 0 Å². The van der Waals surface area contributed by atoms with Gasteiger partial charge in [-0.15, -0.1) is 0 Å². The number of aliphatic hydroxyl groups is 1. The maximum atomic E-state index is 13.3. The quantitative estimate of drug-likeness (QED) is 0.196. The maximum absolute atomic E-state index is 13.3. The molecule has 0 aliphatic carbocycles. The molecule has 1 aliphatic heterocycles. The first-order valence-electron chi connectivity index (χ1n) is 10.3. The molecule has 0 saturated carbocycles. The van der Waals surface area contributed by atoms with Crippen LogP contribution in [0.4, 0.5) is 5.13 Å². The number of hydrogen-bond donors (Lipinski definition) is 1. The summed E-state index contributed by atoms with van der Waals surface area (Å²) in [5, 5.41) is 11.6. The number of rotatable bonds is 3. The standard InChI is InChI=1S/C26H19BrN2O3S/c1-14-3-6-17(7-4-14)23(30)21-22(16-8-10-18(27)11-9-16)29(25(32)24(21)31)26-28-19-12-5-15(2)13-20(19)33-26/h3-13,22,30H,1-2H3. The number of carbonyl (C=O) groups is 2. The summed E-state index contributed by atoms with van der Waals surface area (Å²) in [5.74, 6) is -1.62. The normalized spacial score (nSPS) is 17.8. The molecule has 1 N–H and O–H groups in total. The van der Waals surface area contributed by atoms with Crippen LogP contribution in [-0.2, 0) is 9.59 Å². The van der Waals surface area contributed by atoms with Crippen molar-refractivity contribution in [3.05, 3.63) is 99.0 Å². The number of ketones is 1. The lowest BCUT2D eigenvalue weighted by Gasteiger charge is -2.23. The Hall–Kier alpha value is -3.29. The molecular formula is C26H19BrN2O3S. The zero-order valence-electron chi connectivity index (χ0n) is 17.9. The topological polar surface area (TPSA) is 70.5 Å². The van der Waals surface area contributed by atoms with Gasteiger partial charge in [0.05, 0.1) is 21.8 Å². The molecule has 7 heteroatoms. The molecule has 0 radical (unpaired) electrons. The second-order valence-corrected chi connectivity index (χ2v) is 9.98. The van der Waals surface area contributed by atoms with E-state index in [4.69, 9.17) is 0 Å². The second kappa shape index (κ2) is 8.24. The van der Waals surface area contributed by atoms with E-state index in [1.54, 1.807) is 12.1 Å². The third-order valence-corrected chi connectivity index (χ3v) is 7.24. The molecular weight excluding hydrogens is 500 g/mol. The predicted octanol–water partition coefficient (Wildman–Crippen LogP) is 6.30. The van der Waals surface area contributed by atoms with Crippen LogP contribution in [0.3, 0.4) is 0 Å². The fourth-order valence-corrected chi connectivity index (χ4v) is 5.33. The average Bonchev–Trinajstić information content (AvgIpc) is 3.32. The highest BCUT2D eigenvalue weighted by Crippen LogP contribution is 2.44. The van der Waals surface area contributed by atoms with Crippen LogP contribution in [0.5, 0.6) is 0 Å². The Labute approximate surface area is 203 Å². The van der Waals surface area contributed by atoms with Crippen LogP contribution in [0.15, 0.2) is 76.8 Å². The molecule has 5 nitrogen and oxygen atoms in total. The van der Waals surface area contributed by atoms with Crippen molar-refractivity contribution in [1.29, 1.82) is 0 Å². The molecule has 33 heavy (non-hydrogen) atoms. The number of fused-ring (bicyclic) bond motifs is 1. The number of amides is 1. The van der Waals surface area contributed by atoms with Crippen molar-refractivity contribution in [2.24, 2.45) is 0 Å². The van der Waals surface area contributed by atoms with Gasteiger partial charge in [-0.3, -0.25) is 14.5 Å². The van der Waals surface area contributed by atoms with Crippen LogP contribution in [-0.4, -0.2) is 21.8 Å². The Kier molecular flexibility index (Phi) is 5.38. The van der Waals surface area contributed by atoms with E-state index >= 15 is 0 Å². The molecule has 4 aromatic rings. The molecule has 2 heterocycles. The van der Waals surface area contributed by atoms with Crippen molar-refractivity contribution in [3.63, 3.8) is 0 Å². The molecule has 1 unspecified atom stereocenters. The first-order chi connectivity index (χ1) is 15.8.